The molecule has 0 spiro atoms. The van der Waals surface area contributed by atoms with E-state index in [0.717, 1.165) is 23.5 Å². The van der Waals surface area contributed by atoms with Crippen molar-refractivity contribution in [2.75, 3.05) is 4.90 Å². The summed E-state index contributed by atoms with van der Waals surface area (Å²) in [7, 11) is 0. The summed E-state index contributed by atoms with van der Waals surface area (Å²) in [4.78, 5) is 2.41. The molecule has 2 heteroatoms. The van der Waals surface area contributed by atoms with Crippen LogP contribution >= 0.6 is 0 Å². The average Bonchev–Trinajstić information content (AvgIpc) is 3.70. The summed E-state index contributed by atoms with van der Waals surface area (Å²) in [5, 5.41) is 10.1. The highest BCUT2D eigenvalue weighted by Crippen LogP contribution is 2.46. The molecule has 12 rings (SSSR count). The van der Waals surface area contributed by atoms with Crippen LogP contribution in [0.1, 0.15) is 13.3 Å². The summed E-state index contributed by atoms with van der Waals surface area (Å²) in [5.41, 5.74) is 14.4. The summed E-state index contributed by atoms with van der Waals surface area (Å²) >= 11 is 0. The van der Waals surface area contributed by atoms with E-state index in [1.54, 1.807) is 0 Å². The second-order valence-corrected chi connectivity index (χ2v) is 17.0. The number of anilines is 3. The van der Waals surface area contributed by atoms with Crippen LogP contribution < -0.4 is 4.90 Å². The quantitative estimate of drug-likeness (QED) is 0.156. The van der Waals surface area contributed by atoms with E-state index >= 15 is 0 Å². The second kappa shape index (κ2) is 15.2. The van der Waals surface area contributed by atoms with Gasteiger partial charge >= 0.3 is 0 Å². The number of rotatable bonds is 7. The number of allylic oxidation sites excluding steroid dienone is 4. The molecule has 1 aliphatic rings. The van der Waals surface area contributed by atoms with E-state index in [-0.39, 0.29) is 0 Å². The molecule has 298 valence electrons. The first kappa shape index (κ1) is 36.9. The maximum atomic E-state index is 2.54. The number of aromatic nitrogens is 1. The van der Waals surface area contributed by atoms with Crippen molar-refractivity contribution < 1.29 is 0 Å². The van der Waals surface area contributed by atoms with E-state index in [2.05, 4.69) is 247 Å². The summed E-state index contributed by atoms with van der Waals surface area (Å²) in [6.45, 7) is 2.31. The molecule has 11 aromatic rings. The molecule has 0 amide bonds. The number of hydrogen-bond donors (Lipinski definition) is 0. The van der Waals surface area contributed by atoms with Gasteiger partial charge in [-0.05, 0) is 133 Å². The van der Waals surface area contributed by atoms with Crippen LogP contribution in [-0.4, -0.2) is 4.57 Å². The fourth-order valence-electron chi connectivity index (χ4n) is 10.0. The van der Waals surface area contributed by atoms with Gasteiger partial charge in [0.05, 0.1) is 11.0 Å². The lowest BCUT2D eigenvalue weighted by molar-refractivity contribution is 0.730. The molecule has 0 saturated heterocycles. The van der Waals surface area contributed by atoms with Crippen LogP contribution in [0, 0.1) is 5.92 Å². The fraction of sp³-hybridized carbons (Fsp3) is 0.0492. The molecule has 0 fully saturated rings. The Morgan fingerprint density at radius 3 is 1.86 bits per heavy atom. The van der Waals surface area contributed by atoms with Crippen LogP contribution in [0.3, 0.4) is 0 Å². The van der Waals surface area contributed by atoms with Gasteiger partial charge in [0.15, 0.2) is 0 Å². The number of nitrogens with zero attached hydrogens (tertiary/aromatic N) is 2. The third kappa shape index (κ3) is 6.42. The molecule has 0 bridgehead atoms. The fourth-order valence-corrected chi connectivity index (χ4v) is 10.0. The SMILES string of the molecule is CC1C=CC=C(n2c3ccccc3c3c(-c4cccc(N(c5ccc(-c6ccc7ccccc7c6)cc5)c5ccc(-c6cccc7ccccc67)cc5)c4)cc4ccccc4c32)C1. The topological polar surface area (TPSA) is 8.17 Å². The molecule has 1 atom stereocenters. The van der Waals surface area contributed by atoms with Crippen molar-refractivity contribution in [2.45, 2.75) is 13.3 Å². The normalized spacial score (nSPS) is 13.9. The van der Waals surface area contributed by atoms with Gasteiger partial charge in [0.1, 0.15) is 0 Å². The Morgan fingerprint density at radius 1 is 0.429 bits per heavy atom. The first-order valence-corrected chi connectivity index (χ1v) is 22.1. The molecule has 1 aromatic heterocycles. The first-order chi connectivity index (χ1) is 31.1. The Kier molecular flexibility index (Phi) is 8.90. The highest BCUT2D eigenvalue weighted by atomic mass is 15.1. The highest BCUT2D eigenvalue weighted by molar-refractivity contribution is 6.24. The van der Waals surface area contributed by atoms with Gasteiger partial charge in [-0.3, -0.25) is 0 Å². The largest absolute Gasteiger partial charge is 0.312 e. The van der Waals surface area contributed by atoms with E-state index in [0.29, 0.717) is 5.92 Å². The van der Waals surface area contributed by atoms with Crippen LogP contribution in [0.25, 0.3) is 93.2 Å². The lowest BCUT2D eigenvalue weighted by Gasteiger charge is -2.27. The maximum Gasteiger partial charge on any atom is 0.0622 e. The summed E-state index contributed by atoms with van der Waals surface area (Å²) in [6.07, 6.45) is 7.85. The molecule has 63 heavy (non-hydrogen) atoms. The lowest BCUT2D eigenvalue weighted by Crippen LogP contribution is -2.10. The monoisotopic (exact) mass is 804 g/mol. The van der Waals surface area contributed by atoms with E-state index in [1.807, 2.05) is 0 Å². The number of fused-ring (bicyclic) bond motifs is 7. The third-order valence-corrected chi connectivity index (χ3v) is 13.1. The standard InChI is InChI=1S/C61H44N2/c1-41-13-10-20-52(37-41)63-59-26-9-8-24-57(59)60-58(40-49-17-5-7-23-56(49)61(60)63)48-19-11-21-53(39-48)62(50-33-29-43(30-34-50)47-28-27-42-14-2-3-16-46(42)38-47)51-35-31-45(32-36-51)55-25-12-18-44-15-4-6-22-54(44)55/h2-36,38-41H,37H2,1H3. The van der Waals surface area contributed by atoms with Crippen molar-refractivity contribution in [2.24, 2.45) is 5.92 Å². The number of hydrogen-bond acceptors (Lipinski definition) is 1. The molecule has 0 radical (unpaired) electrons. The van der Waals surface area contributed by atoms with Gasteiger partial charge in [0.2, 0.25) is 0 Å². The van der Waals surface area contributed by atoms with E-state index in [4.69, 9.17) is 0 Å². The van der Waals surface area contributed by atoms with Crippen LogP contribution in [0.4, 0.5) is 17.1 Å². The molecule has 1 unspecified atom stereocenters. The van der Waals surface area contributed by atoms with Crippen molar-refractivity contribution in [1.82, 2.24) is 4.57 Å². The minimum atomic E-state index is 0.473. The van der Waals surface area contributed by atoms with Crippen LogP contribution in [0.2, 0.25) is 0 Å². The van der Waals surface area contributed by atoms with Gasteiger partial charge in [-0.2, -0.15) is 0 Å². The van der Waals surface area contributed by atoms with Crippen molar-refractivity contribution in [3.8, 4) is 33.4 Å². The van der Waals surface area contributed by atoms with Crippen LogP contribution in [-0.2, 0) is 0 Å². The molecular formula is C61H44N2. The van der Waals surface area contributed by atoms with Gasteiger partial charge in [-0.15, -0.1) is 0 Å². The van der Waals surface area contributed by atoms with Crippen molar-refractivity contribution in [3.63, 3.8) is 0 Å². The van der Waals surface area contributed by atoms with Crippen molar-refractivity contribution in [1.29, 1.82) is 0 Å². The summed E-state index contributed by atoms with van der Waals surface area (Å²) in [5.74, 6) is 0.473. The Hall–Kier alpha value is -7.94. The predicted molar refractivity (Wildman–Crippen MR) is 270 cm³/mol. The minimum Gasteiger partial charge on any atom is -0.312 e. The van der Waals surface area contributed by atoms with Gasteiger partial charge < -0.3 is 9.47 Å². The van der Waals surface area contributed by atoms with Gasteiger partial charge in [-0.1, -0.05) is 177 Å². The summed E-state index contributed by atoms with van der Waals surface area (Å²) in [6, 6.07) is 78.1. The predicted octanol–water partition coefficient (Wildman–Crippen LogP) is 17.2. The zero-order valence-corrected chi connectivity index (χ0v) is 35.1. The molecule has 1 aliphatic carbocycles. The second-order valence-electron chi connectivity index (χ2n) is 17.0. The number of para-hydroxylation sites is 1. The molecule has 2 nitrogen and oxygen atoms in total. The Bertz CT molecular complexity index is 3600. The van der Waals surface area contributed by atoms with Crippen molar-refractivity contribution in [3.05, 3.63) is 231 Å². The number of benzene rings is 10. The third-order valence-electron chi connectivity index (χ3n) is 13.1. The zero-order valence-electron chi connectivity index (χ0n) is 35.1. The van der Waals surface area contributed by atoms with E-state index < -0.39 is 0 Å². The Balaban J connectivity index is 1.03. The first-order valence-electron chi connectivity index (χ1n) is 22.1. The highest BCUT2D eigenvalue weighted by Gasteiger charge is 2.22. The van der Waals surface area contributed by atoms with E-state index in [1.165, 1.54) is 93.2 Å². The van der Waals surface area contributed by atoms with Crippen LogP contribution in [0.5, 0.6) is 0 Å². The van der Waals surface area contributed by atoms with Gasteiger partial charge in [0.25, 0.3) is 0 Å². The lowest BCUT2D eigenvalue weighted by atomic mass is 9.94. The molecule has 0 N–H and O–H groups in total. The van der Waals surface area contributed by atoms with E-state index in [9.17, 15) is 0 Å². The van der Waals surface area contributed by atoms with Crippen molar-refractivity contribution >= 4 is 76.9 Å². The van der Waals surface area contributed by atoms with Gasteiger partial charge in [0, 0.05) is 38.9 Å². The smallest absolute Gasteiger partial charge is 0.0622 e. The maximum absolute atomic E-state index is 2.54. The molecule has 0 aliphatic heterocycles. The molecule has 0 saturated carbocycles. The molecular weight excluding hydrogens is 761 g/mol. The Labute approximate surface area is 367 Å². The van der Waals surface area contributed by atoms with Crippen LogP contribution in [0.15, 0.2) is 231 Å². The summed E-state index contributed by atoms with van der Waals surface area (Å²) < 4.78 is 2.54. The Morgan fingerprint density at radius 2 is 1.06 bits per heavy atom. The average molecular weight is 805 g/mol. The van der Waals surface area contributed by atoms with Gasteiger partial charge in [-0.25, -0.2) is 0 Å². The zero-order chi connectivity index (χ0) is 41.9. The molecule has 1 heterocycles. The molecule has 10 aromatic carbocycles. The minimum absolute atomic E-state index is 0.473.